The zero-order chi connectivity index (χ0) is 9.47. The summed E-state index contributed by atoms with van der Waals surface area (Å²) >= 11 is 0. The van der Waals surface area contributed by atoms with Gasteiger partial charge in [0.2, 0.25) is 5.60 Å². The molecular weight excluding hydrogens is 187 g/mol. The first kappa shape index (κ1) is 8.09. The largest absolute Gasteiger partial charge is 0.512 e. The minimum absolute atomic E-state index is 0.390. The van der Waals surface area contributed by atoms with Crippen LogP contribution in [0.1, 0.15) is 0 Å². The summed E-state index contributed by atoms with van der Waals surface area (Å²) in [6.07, 6.45) is -4.01. The number of alkyl halides is 1. The van der Waals surface area contributed by atoms with Crippen LogP contribution in [0.4, 0.5) is 14.0 Å². The van der Waals surface area contributed by atoms with E-state index in [2.05, 4.69) is 18.9 Å². The van der Waals surface area contributed by atoms with Crippen LogP contribution in [0.3, 0.4) is 0 Å². The van der Waals surface area contributed by atoms with Crippen molar-refractivity contribution in [3.63, 3.8) is 0 Å². The van der Waals surface area contributed by atoms with Crippen molar-refractivity contribution in [1.29, 1.82) is 0 Å². The molecule has 6 nitrogen and oxygen atoms in total. The number of halogens is 1. The van der Waals surface area contributed by atoms with Crippen molar-refractivity contribution < 1.29 is 32.9 Å². The van der Waals surface area contributed by atoms with E-state index in [0.29, 0.717) is 0 Å². The van der Waals surface area contributed by atoms with Gasteiger partial charge in [0.25, 0.3) is 6.36 Å². The highest BCUT2D eigenvalue weighted by molar-refractivity contribution is 5.65. The lowest BCUT2D eigenvalue weighted by molar-refractivity contribution is -0.146. The minimum Gasteiger partial charge on any atom is -0.430 e. The van der Waals surface area contributed by atoms with Gasteiger partial charge in [-0.3, -0.25) is 0 Å². The highest BCUT2D eigenvalue weighted by Gasteiger charge is 2.56. The molecule has 2 aliphatic heterocycles. The summed E-state index contributed by atoms with van der Waals surface area (Å²) in [4.78, 5) is 21.0. The van der Waals surface area contributed by atoms with Gasteiger partial charge in [-0.2, -0.15) is 4.39 Å². The second-order valence-electron chi connectivity index (χ2n) is 2.68. The third-order valence-electron chi connectivity index (χ3n) is 1.77. The summed E-state index contributed by atoms with van der Waals surface area (Å²) in [6, 6.07) is 0. The van der Waals surface area contributed by atoms with Crippen molar-refractivity contribution in [2.24, 2.45) is 0 Å². The van der Waals surface area contributed by atoms with E-state index in [-0.39, 0.29) is 0 Å². The summed E-state index contributed by atoms with van der Waals surface area (Å²) in [5, 5.41) is 0. The predicted octanol–water partition coefficient (Wildman–Crippen LogP) is 0.354. The molecule has 0 aromatic carbocycles. The van der Waals surface area contributed by atoms with E-state index in [1.54, 1.807) is 0 Å². The van der Waals surface area contributed by atoms with E-state index < -0.39 is 37.5 Å². The van der Waals surface area contributed by atoms with E-state index in [4.69, 9.17) is 0 Å². The van der Waals surface area contributed by atoms with Crippen LogP contribution in [-0.2, 0) is 18.9 Å². The van der Waals surface area contributed by atoms with Gasteiger partial charge in [0, 0.05) is 0 Å². The monoisotopic (exact) mass is 192 g/mol. The Morgan fingerprint density at radius 3 is 2.31 bits per heavy atom. The molecule has 2 fully saturated rings. The molecule has 72 valence electrons. The SMILES string of the molecule is O=C1OCC2(CO1)OC(=O)OC2F. The summed E-state index contributed by atoms with van der Waals surface area (Å²) in [5.41, 5.74) is -1.62. The lowest BCUT2D eigenvalue weighted by Gasteiger charge is -2.28. The maximum absolute atomic E-state index is 13.0. The number of hydrogen-bond donors (Lipinski definition) is 0. The second-order valence-corrected chi connectivity index (χ2v) is 2.68. The van der Waals surface area contributed by atoms with Crippen molar-refractivity contribution in [2.75, 3.05) is 13.2 Å². The molecule has 0 radical (unpaired) electrons. The number of carbonyl (C=O) groups is 2. The molecular formula is C6H5FO6. The molecule has 2 heterocycles. The van der Waals surface area contributed by atoms with Gasteiger partial charge in [0.1, 0.15) is 13.2 Å². The Labute approximate surface area is 71.5 Å². The summed E-state index contributed by atoms with van der Waals surface area (Å²) in [5.74, 6) is 0. The van der Waals surface area contributed by atoms with Gasteiger partial charge in [0.05, 0.1) is 0 Å². The second kappa shape index (κ2) is 2.48. The molecule has 0 saturated carbocycles. The van der Waals surface area contributed by atoms with E-state index >= 15 is 0 Å². The van der Waals surface area contributed by atoms with Crippen molar-refractivity contribution in [3.05, 3.63) is 0 Å². The Morgan fingerprint density at radius 2 is 1.85 bits per heavy atom. The first-order valence-corrected chi connectivity index (χ1v) is 3.46. The quantitative estimate of drug-likeness (QED) is 0.516. The molecule has 2 aliphatic rings. The van der Waals surface area contributed by atoms with E-state index in [9.17, 15) is 14.0 Å². The lowest BCUT2D eigenvalue weighted by Crippen LogP contribution is -2.51. The lowest BCUT2D eigenvalue weighted by atomic mass is 10.1. The highest BCUT2D eigenvalue weighted by atomic mass is 19.1. The van der Waals surface area contributed by atoms with Gasteiger partial charge in [0.15, 0.2) is 0 Å². The normalized spacial score (nSPS) is 30.4. The molecule has 0 N–H and O–H groups in total. The van der Waals surface area contributed by atoms with Crippen LogP contribution in [-0.4, -0.2) is 37.5 Å². The molecule has 2 saturated heterocycles. The van der Waals surface area contributed by atoms with Gasteiger partial charge in [-0.25, -0.2) is 9.59 Å². The molecule has 0 aromatic rings. The van der Waals surface area contributed by atoms with Crippen LogP contribution in [0.5, 0.6) is 0 Å². The van der Waals surface area contributed by atoms with Crippen LogP contribution >= 0.6 is 0 Å². The molecule has 0 amide bonds. The van der Waals surface area contributed by atoms with Crippen LogP contribution in [0.2, 0.25) is 0 Å². The predicted molar refractivity (Wildman–Crippen MR) is 32.5 cm³/mol. The van der Waals surface area contributed by atoms with E-state index in [0.717, 1.165) is 0 Å². The van der Waals surface area contributed by atoms with E-state index in [1.807, 2.05) is 0 Å². The highest BCUT2D eigenvalue weighted by Crippen LogP contribution is 2.31. The maximum Gasteiger partial charge on any atom is 0.512 e. The summed E-state index contributed by atoms with van der Waals surface area (Å²) < 4.78 is 30.4. The van der Waals surface area contributed by atoms with Crippen molar-refractivity contribution >= 4 is 12.3 Å². The fourth-order valence-corrected chi connectivity index (χ4v) is 1.06. The van der Waals surface area contributed by atoms with Crippen LogP contribution in [0.25, 0.3) is 0 Å². The molecule has 0 bridgehead atoms. The number of hydrogen-bond acceptors (Lipinski definition) is 6. The minimum atomic E-state index is -1.96. The van der Waals surface area contributed by atoms with Gasteiger partial charge >= 0.3 is 12.3 Å². The van der Waals surface area contributed by atoms with Gasteiger partial charge in [-0.1, -0.05) is 0 Å². The Balaban J connectivity index is 2.12. The Bertz CT molecular complexity index is 254. The first-order valence-electron chi connectivity index (χ1n) is 3.46. The third kappa shape index (κ3) is 1.16. The maximum atomic E-state index is 13.0. The van der Waals surface area contributed by atoms with Gasteiger partial charge in [-0.15, -0.1) is 0 Å². The number of carbonyl (C=O) groups excluding carboxylic acids is 2. The van der Waals surface area contributed by atoms with Crippen molar-refractivity contribution in [3.8, 4) is 0 Å². The number of rotatable bonds is 0. The Hall–Kier alpha value is -1.53. The smallest absolute Gasteiger partial charge is 0.430 e. The Morgan fingerprint density at radius 1 is 1.23 bits per heavy atom. The molecule has 0 aliphatic carbocycles. The average Bonchev–Trinajstić information content (AvgIpc) is 2.34. The molecule has 7 heteroatoms. The zero-order valence-electron chi connectivity index (χ0n) is 6.32. The van der Waals surface area contributed by atoms with Gasteiger partial charge < -0.3 is 18.9 Å². The summed E-state index contributed by atoms with van der Waals surface area (Å²) in [6.45, 7) is -0.780. The number of cyclic esters (lactones) is 3. The van der Waals surface area contributed by atoms with Crippen LogP contribution in [0.15, 0.2) is 0 Å². The fourth-order valence-electron chi connectivity index (χ4n) is 1.06. The van der Waals surface area contributed by atoms with Crippen molar-refractivity contribution in [1.82, 2.24) is 0 Å². The first-order chi connectivity index (χ1) is 6.12. The average molecular weight is 192 g/mol. The third-order valence-corrected chi connectivity index (χ3v) is 1.77. The van der Waals surface area contributed by atoms with E-state index in [1.165, 1.54) is 0 Å². The molecule has 0 aromatic heterocycles. The van der Waals surface area contributed by atoms with Crippen molar-refractivity contribution in [2.45, 2.75) is 12.0 Å². The zero-order valence-corrected chi connectivity index (χ0v) is 6.32. The topological polar surface area (TPSA) is 71.1 Å². The fraction of sp³-hybridized carbons (Fsp3) is 0.667. The number of ether oxygens (including phenoxy) is 4. The molecule has 2 rings (SSSR count). The molecule has 13 heavy (non-hydrogen) atoms. The van der Waals surface area contributed by atoms with Crippen LogP contribution in [0, 0.1) is 0 Å². The van der Waals surface area contributed by atoms with Crippen LogP contribution < -0.4 is 0 Å². The summed E-state index contributed by atoms with van der Waals surface area (Å²) in [7, 11) is 0. The van der Waals surface area contributed by atoms with Gasteiger partial charge in [-0.05, 0) is 0 Å². The molecule has 1 atom stereocenters. The molecule has 1 spiro atoms. The standard InChI is InChI=1S/C6H5FO6/c7-3-6(13-5(9)12-3)1-10-4(8)11-2-6/h3H,1-2H2. The Kier molecular flexibility index (Phi) is 1.54. The molecule has 1 unspecified atom stereocenters.